The Labute approximate surface area is 160 Å². The number of ether oxygens (including phenoxy) is 1. The maximum absolute atomic E-state index is 12.3. The second kappa shape index (κ2) is 8.03. The number of hydrogen-bond donors (Lipinski definition) is 2. The van der Waals surface area contributed by atoms with Crippen LogP contribution in [0.15, 0.2) is 46.0 Å². The fourth-order valence-electron chi connectivity index (χ4n) is 3.05. The van der Waals surface area contributed by atoms with Crippen LogP contribution in [-0.2, 0) is 6.54 Å². The molecule has 0 atom stereocenters. The lowest BCUT2D eigenvalue weighted by molar-refractivity contribution is 0.0945. The van der Waals surface area contributed by atoms with Crippen LogP contribution >= 0.6 is 0 Å². The van der Waals surface area contributed by atoms with E-state index < -0.39 is 0 Å². The summed E-state index contributed by atoms with van der Waals surface area (Å²) in [5.74, 6) is 0.738. The van der Waals surface area contributed by atoms with E-state index in [4.69, 9.17) is 9.26 Å². The Bertz CT molecular complexity index is 1010. The monoisotopic (exact) mass is 381 g/mol. The zero-order valence-electron chi connectivity index (χ0n) is 15.1. The van der Waals surface area contributed by atoms with Crippen molar-refractivity contribution in [3.8, 4) is 17.3 Å². The Balaban J connectivity index is 1.33. The van der Waals surface area contributed by atoms with Gasteiger partial charge in [0, 0.05) is 30.1 Å². The lowest BCUT2D eigenvalue weighted by Crippen LogP contribution is -2.23. The van der Waals surface area contributed by atoms with Gasteiger partial charge in [-0.2, -0.15) is 4.98 Å². The average molecular weight is 381 g/mol. The van der Waals surface area contributed by atoms with Crippen molar-refractivity contribution in [2.75, 3.05) is 0 Å². The van der Waals surface area contributed by atoms with Crippen LogP contribution in [0.25, 0.3) is 11.4 Å². The molecule has 0 saturated heterocycles. The molecule has 4 rings (SSSR count). The molecule has 0 aromatic carbocycles. The summed E-state index contributed by atoms with van der Waals surface area (Å²) in [6.45, 7) is 0.0648. The van der Waals surface area contributed by atoms with Crippen LogP contribution in [0, 0.1) is 0 Å². The number of aromatic nitrogens is 4. The van der Waals surface area contributed by atoms with Gasteiger partial charge in [0.1, 0.15) is 6.10 Å². The lowest BCUT2D eigenvalue weighted by Gasteiger charge is -2.11. The fraction of sp³-hybridized carbons (Fsp3) is 0.316. The van der Waals surface area contributed by atoms with Gasteiger partial charge >= 0.3 is 0 Å². The Morgan fingerprint density at radius 2 is 2.14 bits per heavy atom. The van der Waals surface area contributed by atoms with Crippen LogP contribution in [0.1, 0.15) is 41.9 Å². The molecule has 9 heteroatoms. The quantitative estimate of drug-likeness (QED) is 0.670. The Hall–Kier alpha value is -3.49. The van der Waals surface area contributed by atoms with E-state index >= 15 is 0 Å². The maximum atomic E-state index is 12.3. The van der Waals surface area contributed by atoms with Crippen molar-refractivity contribution >= 4 is 5.91 Å². The lowest BCUT2D eigenvalue weighted by atomic mass is 10.2. The highest BCUT2D eigenvalue weighted by atomic mass is 16.5. The zero-order chi connectivity index (χ0) is 19.3. The van der Waals surface area contributed by atoms with E-state index in [2.05, 4.69) is 25.4 Å². The molecule has 0 radical (unpaired) electrons. The molecule has 1 amide bonds. The first-order valence-electron chi connectivity index (χ1n) is 9.10. The number of nitrogens with zero attached hydrogens (tertiary/aromatic N) is 3. The summed E-state index contributed by atoms with van der Waals surface area (Å²) in [5, 5.41) is 6.52. The van der Waals surface area contributed by atoms with Crippen LogP contribution in [0.4, 0.5) is 0 Å². The summed E-state index contributed by atoms with van der Waals surface area (Å²) in [7, 11) is 0. The summed E-state index contributed by atoms with van der Waals surface area (Å²) < 4.78 is 10.9. The molecule has 3 aromatic heterocycles. The van der Waals surface area contributed by atoms with Crippen LogP contribution < -0.4 is 15.6 Å². The fourth-order valence-corrected chi connectivity index (χ4v) is 3.05. The average Bonchev–Trinajstić information content (AvgIpc) is 3.39. The van der Waals surface area contributed by atoms with E-state index in [-0.39, 0.29) is 35.8 Å². The minimum absolute atomic E-state index is 0.0648. The second-order valence-electron chi connectivity index (χ2n) is 6.55. The van der Waals surface area contributed by atoms with E-state index in [1.807, 2.05) is 0 Å². The predicted octanol–water partition coefficient (Wildman–Crippen LogP) is 2.07. The van der Waals surface area contributed by atoms with Gasteiger partial charge < -0.3 is 19.6 Å². The minimum atomic E-state index is -0.309. The molecular weight excluding hydrogens is 362 g/mol. The van der Waals surface area contributed by atoms with Gasteiger partial charge in [-0.1, -0.05) is 5.16 Å². The molecule has 1 aliphatic carbocycles. The van der Waals surface area contributed by atoms with Crippen molar-refractivity contribution in [1.82, 2.24) is 25.4 Å². The van der Waals surface area contributed by atoms with Gasteiger partial charge in [0.15, 0.2) is 0 Å². The Morgan fingerprint density at radius 1 is 1.29 bits per heavy atom. The van der Waals surface area contributed by atoms with E-state index in [0.717, 1.165) is 12.8 Å². The summed E-state index contributed by atoms with van der Waals surface area (Å²) in [5.41, 5.74) is 0.685. The van der Waals surface area contributed by atoms with Gasteiger partial charge in [-0.05, 0) is 37.8 Å². The maximum Gasteiger partial charge on any atom is 0.253 e. The van der Waals surface area contributed by atoms with E-state index in [0.29, 0.717) is 17.0 Å². The second-order valence-corrected chi connectivity index (χ2v) is 6.55. The number of amides is 1. The third-order valence-corrected chi connectivity index (χ3v) is 4.49. The van der Waals surface area contributed by atoms with E-state index in [1.165, 1.54) is 31.3 Å². The van der Waals surface area contributed by atoms with Gasteiger partial charge in [-0.25, -0.2) is 4.98 Å². The van der Waals surface area contributed by atoms with Crippen LogP contribution in [0.5, 0.6) is 5.88 Å². The molecule has 3 heterocycles. The SMILES string of the molecule is O=C(NCc1nc(-c2cc[nH]c(=O)c2)no1)c1ccc(OC2CCCC2)nc1. The molecule has 1 fully saturated rings. The summed E-state index contributed by atoms with van der Waals surface area (Å²) in [6.07, 6.45) is 7.67. The van der Waals surface area contributed by atoms with Gasteiger partial charge in [-0.3, -0.25) is 9.59 Å². The number of rotatable bonds is 6. The highest BCUT2D eigenvalue weighted by Gasteiger charge is 2.17. The topological polar surface area (TPSA) is 123 Å². The normalized spacial score (nSPS) is 14.1. The van der Waals surface area contributed by atoms with E-state index in [9.17, 15) is 9.59 Å². The molecule has 0 aliphatic heterocycles. The summed E-state index contributed by atoms with van der Waals surface area (Å²) >= 11 is 0. The first-order chi connectivity index (χ1) is 13.7. The van der Waals surface area contributed by atoms with Gasteiger partial charge in [-0.15, -0.1) is 0 Å². The first kappa shape index (κ1) is 17.9. The van der Waals surface area contributed by atoms with Crippen molar-refractivity contribution in [1.29, 1.82) is 0 Å². The number of nitrogens with one attached hydrogen (secondary N) is 2. The van der Waals surface area contributed by atoms with Gasteiger partial charge in [0.25, 0.3) is 5.91 Å². The highest BCUT2D eigenvalue weighted by Crippen LogP contribution is 2.22. The number of aromatic amines is 1. The third-order valence-electron chi connectivity index (χ3n) is 4.49. The molecule has 1 aliphatic rings. The molecule has 28 heavy (non-hydrogen) atoms. The molecule has 1 saturated carbocycles. The number of hydrogen-bond acceptors (Lipinski definition) is 7. The molecule has 2 N–H and O–H groups in total. The number of carbonyl (C=O) groups is 1. The van der Waals surface area contributed by atoms with E-state index in [1.54, 1.807) is 18.2 Å². The summed E-state index contributed by atoms with van der Waals surface area (Å²) in [4.78, 5) is 34.5. The van der Waals surface area contributed by atoms with Crippen molar-refractivity contribution in [2.24, 2.45) is 0 Å². The molecule has 3 aromatic rings. The summed E-state index contributed by atoms with van der Waals surface area (Å²) in [6, 6.07) is 6.40. The van der Waals surface area contributed by atoms with Gasteiger partial charge in [0.05, 0.1) is 12.1 Å². The van der Waals surface area contributed by atoms with Crippen molar-refractivity contribution in [3.63, 3.8) is 0 Å². The van der Waals surface area contributed by atoms with Crippen molar-refractivity contribution in [3.05, 3.63) is 58.5 Å². The molecule has 144 valence electrons. The largest absolute Gasteiger partial charge is 0.474 e. The third kappa shape index (κ3) is 4.25. The first-order valence-corrected chi connectivity index (χ1v) is 9.10. The Morgan fingerprint density at radius 3 is 2.89 bits per heavy atom. The number of pyridine rings is 2. The smallest absolute Gasteiger partial charge is 0.253 e. The molecule has 9 nitrogen and oxygen atoms in total. The van der Waals surface area contributed by atoms with Crippen LogP contribution in [0.2, 0.25) is 0 Å². The standard InChI is InChI=1S/C19H19N5O4/c25-15-9-12(7-8-20-15)18-23-17(28-24-18)11-22-19(26)13-5-6-16(21-10-13)27-14-3-1-2-4-14/h5-10,14H,1-4,11H2,(H,20,25)(H,22,26). The Kier molecular flexibility index (Phi) is 5.14. The number of carbonyl (C=O) groups excluding carboxylic acids is 1. The number of H-pyrrole nitrogens is 1. The molecule has 0 bridgehead atoms. The van der Waals surface area contributed by atoms with Crippen molar-refractivity contribution < 1.29 is 14.1 Å². The highest BCUT2D eigenvalue weighted by molar-refractivity contribution is 5.93. The van der Waals surface area contributed by atoms with Gasteiger partial charge in [0.2, 0.25) is 23.2 Å². The van der Waals surface area contributed by atoms with Crippen LogP contribution in [-0.4, -0.2) is 32.1 Å². The molecule has 0 unspecified atom stereocenters. The minimum Gasteiger partial charge on any atom is -0.474 e. The zero-order valence-corrected chi connectivity index (χ0v) is 15.1. The predicted molar refractivity (Wildman–Crippen MR) is 98.6 cm³/mol. The van der Waals surface area contributed by atoms with Crippen LogP contribution in [0.3, 0.4) is 0 Å². The van der Waals surface area contributed by atoms with Crippen molar-refractivity contribution in [2.45, 2.75) is 38.3 Å². The molecule has 0 spiro atoms. The molecular formula is C19H19N5O4.